The van der Waals surface area contributed by atoms with Crippen LogP contribution in [0.25, 0.3) is 10.8 Å². The van der Waals surface area contributed by atoms with Gasteiger partial charge in [-0.15, -0.1) is 0 Å². The Balaban J connectivity index is 1.08. The van der Waals surface area contributed by atoms with Crippen LogP contribution in [0.3, 0.4) is 0 Å². The first-order valence-corrected chi connectivity index (χ1v) is 16.9. The zero-order valence-electron chi connectivity index (χ0n) is 26.1. The van der Waals surface area contributed by atoms with Crippen molar-refractivity contribution in [1.29, 1.82) is 0 Å². The number of benzene rings is 6. The lowest BCUT2D eigenvalue weighted by Crippen LogP contribution is -2.37. The van der Waals surface area contributed by atoms with Crippen LogP contribution in [0.1, 0.15) is 62.5 Å². The number of hydrogen-bond donors (Lipinski definition) is 2. The molecule has 1 unspecified atom stereocenters. The Morgan fingerprint density at radius 1 is 0.609 bits per heavy atom. The van der Waals surface area contributed by atoms with Gasteiger partial charge in [-0.25, -0.2) is 0 Å². The highest BCUT2D eigenvalue weighted by molar-refractivity contribution is 5.90. The maximum atomic E-state index is 3.81. The first-order chi connectivity index (χ1) is 22.8. The average Bonchev–Trinajstić information content (AvgIpc) is 3.14. The molecule has 9 rings (SSSR count). The molecule has 3 atom stereocenters. The molecular weight excluding hydrogens is 558 g/mol. The van der Waals surface area contributed by atoms with Crippen LogP contribution in [0.4, 0.5) is 11.4 Å². The SMILES string of the molecule is c1ccc([C@H]2NCCc3ccc(N4CCc5cc(C6CNc7ccc8ccccc8c7C6)ccc5[C@@H]4c4ccccc4)cc32)cc1. The van der Waals surface area contributed by atoms with Gasteiger partial charge in [0.2, 0.25) is 0 Å². The maximum absolute atomic E-state index is 3.81. The molecule has 6 aromatic carbocycles. The van der Waals surface area contributed by atoms with Crippen molar-refractivity contribution < 1.29 is 0 Å². The lowest BCUT2D eigenvalue weighted by molar-refractivity contribution is 0.566. The molecule has 0 saturated heterocycles. The van der Waals surface area contributed by atoms with Gasteiger partial charge >= 0.3 is 0 Å². The van der Waals surface area contributed by atoms with E-state index in [-0.39, 0.29) is 12.1 Å². The highest BCUT2D eigenvalue weighted by Crippen LogP contribution is 2.42. The highest BCUT2D eigenvalue weighted by atomic mass is 15.2. The molecule has 6 aromatic rings. The third-order valence-electron chi connectivity index (χ3n) is 10.7. The largest absolute Gasteiger partial charge is 0.384 e. The standard InChI is InChI=1S/C43H39N3/c1-3-10-31(11-4-1)42-39-27-36(18-15-30(39)21-23-44-42)46-24-22-34-25-33(16-19-38(34)43(46)32-12-5-2-6-13-32)35-26-40-37-14-8-7-9-29(37)17-20-41(40)45-28-35/h1-20,25,27,35,42-45H,21-24,26,28H2/t35?,42-,43+/m1/s1. The minimum atomic E-state index is 0.179. The molecule has 0 aliphatic carbocycles. The van der Waals surface area contributed by atoms with Gasteiger partial charge in [0.05, 0.1) is 12.1 Å². The highest BCUT2D eigenvalue weighted by Gasteiger charge is 2.32. The van der Waals surface area contributed by atoms with E-state index in [0.717, 1.165) is 38.9 Å². The van der Waals surface area contributed by atoms with Crippen LogP contribution in [-0.2, 0) is 19.3 Å². The van der Waals surface area contributed by atoms with Crippen LogP contribution in [0.15, 0.2) is 133 Å². The molecule has 2 N–H and O–H groups in total. The van der Waals surface area contributed by atoms with E-state index in [0.29, 0.717) is 5.92 Å². The molecule has 0 aromatic heterocycles. The first kappa shape index (κ1) is 27.5. The van der Waals surface area contributed by atoms with Crippen LogP contribution in [0.5, 0.6) is 0 Å². The molecule has 226 valence electrons. The van der Waals surface area contributed by atoms with Crippen molar-refractivity contribution in [3.8, 4) is 0 Å². The molecule has 3 aliphatic heterocycles. The van der Waals surface area contributed by atoms with Gasteiger partial charge < -0.3 is 15.5 Å². The summed E-state index contributed by atoms with van der Waals surface area (Å²) in [6.45, 7) is 2.98. The molecule has 3 heteroatoms. The van der Waals surface area contributed by atoms with Gasteiger partial charge in [-0.1, -0.05) is 115 Å². The van der Waals surface area contributed by atoms with Crippen molar-refractivity contribution in [1.82, 2.24) is 5.32 Å². The fraction of sp³-hybridized carbons (Fsp3) is 0.209. The van der Waals surface area contributed by atoms with Gasteiger partial charge in [-0.2, -0.15) is 0 Å². The molecule has 0 bridgehead atoms. The van der Waals surface area contributed by atoms with Crippen molar-refractivity contribution in [3.05, 3.63) is 178 Å². The smallest absolute Gasteiger partial charge is 0.0798 e. The fourth-order valence-corrected chi connectivity index (χ4v) is 8.34. The first-order valence-electron chi connectivity index (χ1n) is 16.9. The monoisotopic (exact) mass is 597 g/mol. The average molecular weight is 598 g/mol. The molecule has 0 amide bonds. The van der Waals surface area contributed by atoms with Gasteiger partial charge in [0.1, 0.15) is 0 Å². The predicted molar refractivity (Wildman–Crippen MR) is 191 cm³/mol. The molecule has 3 heterocycles. The van der Waals surface area contributed by atoms with E-state index in [1.54, 1.807) is 0 Å². The van der Waals surface area contributed by atoms with Gasteiger partial charge in [-0.05, 0) is 92.7 Å². The van der Waals surface area contributed by atoms with E-state index in [4.69, 9.17) is 0 Å². The Hall–Kier alpha value is -4.86. The van der Waals surface area contributed by atoms with E-state index < -0.39 is 0 Å². The summed E-state index contributed by atoms with van der Waals surface area (Å²) >= 11 is 0. The minimum Gasteiger partial charge on any atom is -0.384 e. The van der Waals surface area contributed by atoms with Gasteiger partial charge in [0.25, 0.3) is 0 Å². The maximum Gasteiger partial charge on any atom is 0.0798 e. The van der Waals surface area contributed by atoms with Crippen LogP contribution < -0.4 is 15.5 Å². The summed E-state index contributed by atoms with van der Waals surface area (Å²) in [4.78, 5) is 2.65. The Morgan fingerprint density at radius 2 is 1.41 bits per heavy atom. The topological polar surface area (TPSA) is 27.3 Å². The lowest BCUT2D eigenvalue weighted by Gasteiger charge is -2.41. The number of hydrogen-bond acceptors (Lipinski definition) is 3. The van der Waals surface area contributed by atoms with E-state index in [2.05, 4.69) is 149 Å². The fourth-order valence-electron chi connectivity index (χ4n) is 8.34. The summed E-state index contributed by atoms with van der Waals surface area (Å²) < 4.78 is 0. The summed E-state index contributed by atoms with van der Waals surface area (Å²) in [5, 5.41) is 10.3. The second-order valence-corrected chi connectivity index (χ2v) is 13.2. The lowest BCUT2D eigenvalue weighted by atomic mass is 9.81. The van der Waals surface area contributed by atoms with Crippen molar-refractivity contribution in [2.45, 2.75) is 37.3 Å². The van der Waals surface area contributed by atoms with Crippen LogP contribution in [0, 0.1) is 0 Å². The van der Waals surface area contributed by atoms with E-state index in [9.17, 15) is 0 Å². The molecular formula is C43H39N3. The third kappa shape index (κ3) is 4.78. The normalized spacial score (nSPS) is 20.3. The molecule has 0 radical (unpaired) electrons. The zero-order chi connectivity index (χ0) is 30.5. The molecule has 3 aliphatic rings. The Bertz CT molecular complexity index is 2030. The Labute approximate surface area is 271 Å². The van der Waals surface area contributed by atoms with Gasteiger partial charge in [0, 0.05) is 36.9 Å². The van der Waals surface area contributed by atoms with Crippen molar-refractivity contribution in [2.75, 3.05) is 29.9 Å². The van der Waals surface area contributed by atoms with E-state index >= 15 is 0 Å². The number of fused-ring (bicyclic) bond motifs is 5. The summed E-state index contributed by atoms with van der Waals surface area (Å²) in [5.41, 5.74) is 14.0. The number of rotatable bonds is 4. The number of anilines is 2. The van der Waals surface area contributed by atoms with Crippen LogP contribution >= 0.6 is 0 Å². The zero-order valence-corrected chi connectivity index (χ0v) is 26.1. The molecule has 0 saturated carbocycles. The molecule has 3 nitrogen and oxygen atoms in total. The number of nitrogens with zero attached hydrogens (tertiary/aromatic N) is 1. The molecule has 0 spiro atoms. The third-order valence-corrected chi connectivity index (χ3v) is 10.7. The van der Waals surface area contributed by atoms with Gasteiger partial charge in [0.15, 0.2) is 0 Å². The summed E-state index contributed by atoms with van der Waals surface area (Å²) in [7, 11) is 0. The summed E-state index contributed by atoms with van der Waals surface area (Å²) in [6.07, 6.45) is 3.19. The van der Waals surface area contributed by atoms with Crippen LogP contribution in [-0.4, -0.2) is 19.6 Å². The van der Waals surface area contributed by atoms with Gasteiger partial charge in [-0.3, -0.25) is 0 Å². The second kappa shape index (κ2) is 11.5. The van der Waals surface area contributed by atoms with Crippen molar-refractivity contribution >= 4 is 22.1 Å². The Kier molecular flexibility index (Phi) is 6.86. The van der Waals surface area contributed by atoms with Crippen molar-refractivity contribution in [3.63, 3.8) is 0 Å². The quantitative estimate of drug-likeness (QED) is 0.212. The summed E-state index contributed by atoms with van der Waals surface area (Å²) in [5.74, 6) is 0.458. The predicted octanol–water partition coefficient (Wildman–Crippen LogP) is 8.98. The van der Waals surface area contributed by atoms with Crippen LogP contribution in [0.2, 0.25) is 0 Å². The minimum absolute atomic E-state index is 0.179. The Morgan fingerprint density at radius 3 is 2.28 bits per heavy atom. The summed E-state index contributed by atoms with van der Waals surface area (Å²) in [6, 6.07) is 50.4. The van der Waals surface area contributed by atoms with E-state index in [1.807, 2.05) is 0 Å². The second-order valence-electron chi connectivity index (χ2n) is 13.2. The number of nitrogens with one attached hydrogen (secondary N) is 2. The van der Waals surface area contributed by atoms with E-state index in [1.165, 1.54) is 66.7 Å². The van der Waals surface area contributed by atoms with Crippen molar-refractivity contribution in [2.24, 2.45) is 0 Å². The molecule has 0 fully saturated rings. The molecule has 46 heavy (non-hydrogen) atoms.